The van der Waals surface area contributed by atoms with E-state index in [9.17, 15) is 9.59 Å². The predicted molar refractivity (Wildman–Crippen MR) is 74.4 cm³/mol. The van der Waals surface area contributed by atoms with E-state index in [-0.39, 0.29) is 17.9 Å². The fourth-order valence-electron chi connectivity index (χ4n) is 2.57. The lowest BCUT2D eigenvalue weighted by Gasteiger charge is -2.09. The molecular weight excluding hydrogens is 262 g/mol. The maximum absolute atomic E-state index is 12.2. The lowest BCUT2D eigenvalue weighted by Crippen LogP contribution is -2.16. The summed E-state index contributed by atoms with van der Waals surface area (Å²) in [7, 11) is 0. The molecule has 1 amide bonds. The fourth-order valence-corrected chi connectivity index (χ4v) is 3.85. The number of carbonyl (C=O) groups excluding carboxylic acids is 1. The third-order valence-electron chi connectivity index (χ3n) is 3.48. The normalized spacial score (nSPS) is 14.5. The van der Waals surface area contributed by atoms with Crippen molar-refractivity contribution in [1.82, 2.24) is 9.97 Å². The van der Waals surface area contributed by atoms with Crippen molar-refractivity contribution in [1.29, 1.82) is 0 Å². The van der Waals surface area contributed by atoms with Crippen LogP contribution in [-0.2, 0) is 24.1 Å². The molecule has 0 radical (unpaired) electrons. The molecule has 3 rings (SSSR count). The van der Waals surface area contributed by atoms with Crippen molar-refractivity contribution < 1.29 is 4.79 Å². The van der Waals surface area contributed by atoms with Crippen LogP contribution in [0.15, 0.2) is 4.79 Å². The van der Waals surface area contributed by atoms with Crippen molar-refractivity contribution in [3.05, 3.63) is 26.6 Å². The molecule has 0 fully saturated rings. The van der Waals surface area contributed by atoms with E-state index >= 15 is 0 Å². The first-order valence-corrected chi connectivity index (χ1v) is 7.28. The Balaban J connectivity index is 2.06. The lowest BCUT2D eigenvalue weighted by molar-refractivity contribution is -0.118. The molecule has 2 aromatic heterocycles. The zero-order valence-electron chi connectivity index (χ0n) is 10.5. The van der Waals surface area contributed by atoms with Gasteiger partial charge in [-0.25, -0.2) is 4.98 Å². The van der Waals surface area contributed by atoms with Gasteiger partial charge in [-0.2, -0.15) is 0 Å². The third-order valence-corrected chi connectivity index (χ3v) is 4.67. The second-order valence-electron chi connectivity index (χ2n) is 4.87. The second-order valence-corrected chi connectivity index (χ2v) is 5.95. The number of aryl methyl sites for hydroxylation is 3. The molecular formula is C13H15N3O2S. The van der Waals surface area contributed by atoms with Crippen LogP contribution in [0.1, 0.15) is 35.5 Å². The molecule has 100 valence electrons. The number of hydrogen-bond acceptors (Lipinski definition) is 4. The summed E-state index contributed by atoms with van der Waals surface area (Å²) in [6.45, 7) is 0. The molecule has 19 heavy (non-hydrogen) atoms. The van der Waals surface area contributed by atoms with E-state index in [1.165, 1.54) is 16.9 Å². The number of primary amides is 1. The molecule has 0 unspecified atom stereocenters. The van der Waals surface area contributed by atoms with Crippen LogP contribution in [0.3, 0.4) is 0 Å². The van der Waals surface area contributed by atoms with Crippen molar-refractivity contribution in [3.63, 3.8) is 0 Å². The summed E-state index contributed by atoms with van der Waals surface area (Å²) in [5.74, 6) is 0.170. The zero-order chi connectivity index (χ0) is 13.4. The second kappa shape index (κ2) is 4.77. The molecule has 1 aliphatic carbocycles. The number of carbonyl (C=O) groups is 1. The van der Waals surface area contributed by atoms with Gasteiger partial charge in [-0.15, -0.1) is 11.3 Å². The van der Waals surface area contributed by atoms with Crippen molar-refractivity contribution >= 4 is 27.5 Å². The molecule has 0 aliphatic heterocycles. The average molecular weight is 277 g/mol. The summed E-state index contributed by atoms with van der Waals surface area (Å²) in [6, 6.07) is 0. The van der Waals surface area contributed by atoms with E-state index in [4.69, 9.17) is 5.73 Å². The van der Waals surface area contributed by atoms with E-state index in [1.807, 2.05) is 0 Å². The molecule has 0 saturated heterocycles. The average Bonchev–Trinajstić information content (AvgIpc) is 2.74. The lowest BCUT2D eigenvalue weighted by atomic mass is 9.97. The van der Waals surface area contributed by atoms with E-state index in [0.29, 0.717) is 12.2 Å². The number of amides is 1. The monoisotopic (exact) mass is 277 g/mol. The van der Waals surface area contributed by atoms with E-state index in [1.54, 1.807) is 11.3 Å². The fraction of sp³-hybridized carbons (Fsp3) is 0.462. The van der Waals surface area contributed by atoms with Gasteiger partial charge in [-0.3, -0.25) is 9.59 Å². The molecule has 0 spiro atoms. The third kappa shape index (κ3) is 2.28. The first-order valence-electron chi connectivity index (χ1n) is 6.47. The van der Waals surface area contributed by atoms with E-state index < -0.39 is 0 Å². The van der Waals surface area contributed by atoms with Crippen LogP contribution in [0.2, 0.25) is 0 Å². The molecule has 0 bridgehead atoms. The number of nitrogens with one attached hydrogen (secondary N) is 1. The van der Waals surface area contributed by atoms with Gasteiger partial charge in [0.1, 0.15) is 10.7 Å². The smallest absolute Gasteiger partial charge is 0.259 e. The highest BCUT2D eigenvalue weighted by atomic mass is 32.1. The van der Waals surface area contributed by atoms with Gasteiger partial charge in [-0.1, -0.05) is 0 Å². The standard InChI is InChI=1S/C13H15N3O2S/c14-9(17)5-6-10-15-12(18)11-7-3-1-2-4-8(7)19-13(11)16-10/h1-6H2,(H2,14,17)(H,15,16,18). The molecule has 3 N–H and O–H groups in total. The van der Waals surface area contributed by atoms with Gasteiger partial charge < -0.3 is 10.7 Å². The largest absolute Gasteiger partial charge is 0.370 e. The van der Waals surface area contributed by atoms with Gasteiger partial charge in [0.15, 0.2) is 0 Å². The number of fused-ring (bicyclic) bond motifs is 3. The molecule has 2 heterocycles. The molecule has 0 aromatic carbocycles. The Bertz CT molecular complexity index is 702. The van der Waals surface area contributed by atoms with Crippen molar-refractivity contribution in [3.8, 4) is 0 Å². The van der Waals surface area contributed by atoms with Gasteiger partial charge in [0.2, 0.25) is 5.91 Å². The first-order chi connectivity index (χ1) is 9.15. The van der Waals surface area contributed by atoms with Crippen molar-refractivity contribution in [2.45, 2.75) is 38.5 Å². The Morgan fingerprint density at radius 3 is 2.95 bits per heavy atom. The number of nitrogens with zero attached hydrogens (tertiary/aromatic N) is 1. The Morgan fingerprint density at radius 1 is 1.37 bits per heavy atom. The molecule has 6 heteroatoms. The number of thiophene rings is 1. The summed E-state index contributed by atoms with van der Waals surface area (Å²) in [5.41, 5.74) is 6.22. The summed E-state index contributed by atoms with van der Waals surface area (Å²) in [4.78, 5) is 32.3. The highest BCUT2D eigenvalue weighted by Crippen LogP contribution is 2.33. The Morgan fingerprint density at radius 2 is 2.16 bits per heavy atom. The molecule has 5 nitrogen and oxygen atoms in total. The topological polar surface area (TPSA) is 88.8 Å². The molecule has 0 atom stereocenters. The molecule has 0 saturated carbocycles. The Hall–Kier alpha value is -1.69. The maximum Gasteiger partial charge on any atom is 0.259 e. The Labute approximate surface area is 113 Å². The summed E-state index contributed by atoms with van der Waals surface area (Å²) < 4.78 is 0. The van der Waals surface area contributed by atoms with Gasteiger partial charge in [-0.05, 0) is 31.2 Å². The van der Waals surface area contributed by atoms with Gasteiger partial charge in [0.25, 0.3) is 5.56 Å². The number of hydrogen-bond donors (Lipinski definition) is 2. The number of aromatic amines is 1. The minimum Gasteiger partial charge on any atom is -0.370 e. The van der Waals surface area contributed by atoms with Crippen LogP contribution < -0.4 is 11.3 Å². The van der Waals surface area contributed by atoms with Crippen LogP contribution in [0.5, 0.6) is 0 Å². The van der Waals surface area contributed by atoms with Crippen LogP contribution in [-0.4, -0.2) is 15.9 Å². The van der Waals surface area contributed by atoms with Crippen molar-refractivity contribution in [2.24, 2.45) is 5.73 Å². The number of nitrogens with two attached hydrogens (primary N) is 1. The van der Waals surface area contributed by atoms with Gasteiger partial charge in [0, 0.05) is 17.7 Å². The number of aromatic nitrogens is 2. The van der Waals surface area contributed by atoms with Gasteiger partial charge in [0.05, 0.1) is 5.39 Å². The van der Waals surface area contributed by atoms with Crippen LogP contribution in [0, 0.1) is 0 Å². The minimum atomic E-state index is -0.381. The van der Waals surface area contributed by atoms with E-state index in [0.717, 1.165) is 29.5 Å². The summed E-state index contributed by atoms with van der Waals surface area (Å²) in [5, 5.41) is 0.752. The van der Waals surface area contributed by atoms with Crippen molar-refractivity contribution in [2.75, 3.05) is 0 Å². The predicted octanol–water partition coefficient (Wildman–Crippen LogP) is 1.28. The SMILES string of the molecule is NC(=O)CCc1nc2sc3c(c2c(=O)[nH]1)CCCC3. The van der Waals surface area contributed by atoms with Crippen LogP contribution in [0.25, 0.3) is 10.2 Å². The first kappa shape index (κ1) is 12.3. The number of H-pyrrole nitrogens is 1. The maximum atomic E-state index is 12.2. The highest BCUT2D eigenvalue weighted by Gasteiger charge is 2.19. The van der Waals surface area contributed by atoms with Crippen LogP contribution >= 0.6 is 11.3 Å². The Kier molecular flexibility index (Phi) is 3.10. The minimum absolute atomic E-state index is 0.0797. The molecule has 1 aliphatic rings. The summed E-state index contributed by atoms with van der Waals surface area (Å²) >= 11 is 1.62. The van der Waals surface area contributed by atoms with Crippen LogP contribution in [0.4, 0.5) is 0 Å². The quantitative estimate of drug-likeness (QED) is 0.885. The summed E-state index contributed by atoms with van der Waals surface area (Å²) in [6.07, 6.45) is 4.95. The highest BCUT2D eigenvalue weighted by molar-refractivity contribution is 7.18. The zero-order valence-corrected chi connectivity index (χ0v) is 11.3. The van der Waals surface area contributed by atoms with E-state index in [2.05, 4.69) is 9.97 Å². The molecule has 2 aromatic rings. The number of rotatable bonds is 3. The van der Waals surface area contributed by atoms with Gasteiger partial charge >= 0.3 is 0 Å².